The Hall–Kier alpha value is -2.06. The monoisotopic (exact) mass is 425 g/mol. The SMILES string of the molecule is C=CCN(Cc1cc(Br)ccc1F)C(=O)CCC(=O)Nc1nccs1. The average Bonchev–Trinajstić information content (AvgIpc) is 3.08. The van der Waals surface area contributed by atoms with Crippen molar-refractivity contribution in [1.82, 2.24) is 9.88 Å². The highest BCUT2D eigenvalue weighted by Crippen LogP contribution is 2.18. The van der Waals surface area contributed by atoms with E-state index in [4.69, 9.17) is 0 Å². The summed E-state index contributed by atoms with van der Waals surface area (Å²) in [7, 11) is 0. The molecular weight excluding hydrogens is 409 g/mol. The first-order chi connectivity index (χ1) is 12.0. The van der Waals surface area contributed by atoms with Gasteiger partial charge in [0, 0.05) is 47.5 Å². The van der Waals surface area contributed by atoms with Gasteiger partial charge in [-0.25, -0.2) is 9.37 Å². The van der Waals surface area contributed by atoms with Gasteiger partial charge in [0.2, 0.25) is 11.8 Å². The van der Waals surface area contributed by atoms with E-state index in [-0.39, 0.29) is 43.6 Å². The van der Waals surface area contributed by atoms with Crippen molar-refractivity contribution >= 4 is 44.2 Å². The van der Waals surface area contributed by atoms with Crippen LogP contribution in [0.15, 0.2) is 46.9 Å². The molecule has 0 aliphatic heterocycles. The molecule has 25 heavy (non-hydrogen) atoms. The molecule has 0 spiro atoms. The fourth-order valence-electron chi connectivity index (χ4n) is 2.13. The summed E-state index contributed by atoms with van der Waals surface area (Å²) in [5.74, 6) is -0.907. The van der Waals surface area contributed by atoms with E-state index >= 15 is 0 Å². The second kappa shape index (κ2) is 9.43. The molecule has 0 unspecified atom stereocenters. The Bertz CT molecular complexity index is 752. The highest BCUT2D eigenvalue weighted by atomic mass is 79.9. The number of halogens is 2. The molecule has 0 saturated carbocycles. The summed E-state index contributed by atoms with van der Waals surface area (Å²) in [6.07, 6.45) is 3.22. The van der Waals surface area contributed by atoms with Crippen molar-refractivity contribution < 1.29 is 14.0 Å². The number of hydrogen-bond acceptors (Lipinski definition) is 4. The van der Waals surface area contributed by atoms with E-state index in [1.807, 2.05) is 0 Å². The Morgan fingerprint density at radius 2 is 2.20 bits per heavy atom. The van der Waals surface area contributed by atoms with E-state index in [0.717, 1.165) is 4.47 Å². The van der Waals surface area contributed by atoms with Crippen LogP contribution in [-0.2, 0) is 16.1 Å². The Morgan fingerprint density at radius 1 is 1.40 bits per heavy atom. The van der Waals surface area contributed by atoms with Crippen LogP contribution in [0.5, 0.6) is 0 Å². The number of aromatic nitrogens is 1. The van der Waals surface area contributed by atoms with Crippen molar-refractivity contribution in [3.63, 3.8) is 0 Å². The van der Waals surface area contributed by atoms with Crippen LogP contribution in [0, 0.1) is 5.82 Å². The topological polar surface area (TPSA) is 62.3 Å². The van der Waals surface area contributed by atoms with Crippen LogP contribution in [0.4, 0.5) is 9.52 Å². The largest absolute Gasteiger partial charge is 0.335 e. The highest BCUT2D eigenvalue weighted by Gasteiger charge is 2.16. The first-order valence-electron chi connectivity index (χ1n) is 7.51. The maximum absolute atomic E-state index is 13.9. The molecule has 0 aliphatic rings. The zero-order chi connectivity index (χ0) is 18.2. The molecule has 0 aliphatic carbocycles. The number of nitrogens with zero attached hydrogens (tertiary/aromatic N) is 2. The van der Waals surface area contributed by atoms with Gasteiger partial charge in [-0.2, -0.15) is 0 Å². The number of benzene rings is 1. The molecule has 2 rings (SSSR count). The lowest BCUT2D eigenvalue weighted by molar-refractivity contribution is -0.132. The standard InChI is InChI=1S/C17H17BrFN3O2S/c1-2-8-22(11-12-10-13(18)3-4-14(12)19)16(24)6-5-15(23)21-17-20-7-9-25-17/h2-4,7,9-10H,1,5-6,8,11H2,(H,20,21,23). The van der Waals surface area contributed by atoms with E-state index in [1.165, 1.54) is 22.3 Å². The number of thiazole rings is 1. The van der Waals surface area contributed by atoms with Crippen molar-refractivity contribution in [3.8, 4) is 0 Å². The maximum Gasteiger partial charge on any atom is 0.226 e. The smallest absolute Gasteiger partial charge is 0.226 e. The predicted molar refractivity (Wildman–Crippen MR) is 99.7 cm³/mol. The summed E-state index contributed by atoms with van der Waals surface area (Å²) in [6.45, 7) is 4.02. The summed E-state index contributed by atoms with van der Waals surface area (Å²) in [4.78, 5) is 29.7. The van der Waals surface area contributed by atoms with Gasteiger partial charge in [-0.1, -0.05) is 22.0 Å². The fraction of sp³-hybridized carbons (Fsp3) is 0.235. The van der Waals surface area contributed by atoms with E-state index in [2.05, 4.69) is 32.8 Å². The molecule has 1 aromatic carbocycles. The van der Waals surface area contributed by atoms with E-state index in [1.54, 1.807) is 29.8 Å². The van der Waals surface area contributed by atoms with Crippen LogP contribution in [0.3, 0.4) is 0 Å². The Kier molecular flexibility index (Phi) is 7.27. The van der Waals surface area contributed by atoms with E-state index in [0.29, 0.717) is 10.7 Å². The van der Waals surface area contributed by atoms with Gasteiger partial charge in [-0.3, -0.25) is 9.59 Å². The average molecular weight is 426 g/mol. The molecule has 8 heteroatoms. The van der Waals surface area contributed by atoms with Crippen molar-refractivity contribution in [2.24, 2.45) is 0 Å². The third-order valence-corrected chi connectivity index (χ3v) is 4.50. The highest BCUT2D eigenvalue weighted by molar-refractivity contribution is 9.10. The number of rotatable bonds is 8. The second-order valence-corrected chi connectivity index (χ2v) is 6.99. The zero-order valence-electron chi connectivity index (χ0n) is 13.4. The minimum absolute atomic E-state index is 0.0284. The number of amides is 2. The van der Waals surface area contributed by atoms with Crippen LogP contribution < -0.4 is 5.32 Å². The third-order valence-electron chi connectivity index (χ3n) is 3.32. The second-order valence-electron chi connectivity index (χ2n) is 5.18. The van der Waals surface area contributed by atoms with Gasteiger partial charge in [0.25, 0.3) is 0 Å². The first kappa shape index (κ1) is 19.3. The normalized spacial score (nSPS) is 10.3. The lowest BCUT2D eigenvalue weighted by Crippen LogP contribution is -2.31. The molecule has 0 saturated heterocycles. The van der Waals surface area contributed by atoms with Gasteiger partial charge in [-0.15, -0.1) is 17.9 Å². The Balaban J connectivity index is 1.94. The van der Waals surface area contributed by atoms with Crippen molar-refractivity contribution in [3.05, 3.63) is 58.3 Å². The van der Waals surface area contributed by atoms with Gasteiger partial charge < -0.3 is 10.2 Å². The maximum atomic E-state index is 13.9. The number of hydrogen-bond donors (Lipinski definition) is 1. The minimum Gasteiger partial charge on any atom is -0.335 e. The molecule has 1 heterocycles. The van der Waals surface area contributed by atoms with Gasteiger partial charge in [0.15, 0.2) is 5.13 Å². The van der Waals surface area contributed by atoms with Crippen molar-refractivity contribution in [2.75, 3.05) is 11.9 Å². The van der Waals surface area contributed by atoms with Crippen LogP contribution in [0.1, 0.15) is 18.4 Å². The molecule has 5 nitrogen and oxygen atoms in total. The summed E-state index contributed by atoms with van der Waals surface area (Å²) in [5.41, 5.74) is 0.400. The van der Waals surface area contributed by atoms with E-state index in [9.17, 15) is 14.0 Å². The van der Waals surface area contributed by atoms with Gasteiger partial charge in [-0.05, 0) is 18.2 Å². The number of anilines is 1. The van der Waals surface area contributed by atoms with Gasteiger partial charge in [0.1, 0.15) is 5.82 Å². The summed E-state index contributed by atoms with van der Waals surface area (Å²) >= 11 is 4.60. The lowest BCUT2D eigenvalue weighted by Gasteiger charge is -2.21. The third kappa shape index (κ3) is 6.06. The Morgan fingerprint density at radius 3 is 2.88 bits per heavy atom. The van der Waals surface area contributed by atoms with Gasteiger partial charge >= 0.3 is 0 Å². The molecular formula is C17H17BrFN3O2S. The molecule has 0 bridgehead atoms. The van der Waals surface area contributed by atoms with Crippen LogP contribution in [-0.4, -0.2) is 28.2 Å². The predicted octanol–water partition coefficient (Wildman–Crippen LogP) is 3.98. The van der Waals surface area contributed by atoms with Crippen LogP contribution >= 0.6 is 27.3 Å². The minimum atomic E-state index is -0.383. The molecule has 1 aromatic heterocycles. The number of carbonyl (C=O) groups excluding carboxylic acids is 2. The van der Waals surface area contributed by atoms with Crippen LogP contribution in [0.25, 0.3) is 0 Å². The quantitative estimate of drug-likeness (QED) is 0.650. The fourth-order valence-corrected chi connectivity index (χ4v) is 3.08. The van der Waals surface area contributed by atoms with Crippen LogP contribution in [0.2, 0.25) is 0 Å². The molecule has 132 valence electrons. The van der Waals surface area contributed by atoms with Crippen molar-refractivity contribution in [1.29, 1.82) is 0 Å². The first-order valence-corrected chi connectivity index (χ1v) is 9.19. The number of nitrogens with one attached hydrogen (secondary N) is 1. The van der Waals surface area contributed by atoms with Gasteiger partial charge in [0.05, 0.1) is 0 Å². The molecule has 0 atom stereocenters. The molecule has 2 aromatic rings. The number of carbonyl (C=O) groups is 2. The summed E-state index contributed by atoms with van der Waals surface area (Å²) in [6, 6.07) is 4.58. The summed E-state index contributed by atoms with van der Waals surface area (Å²) < 4.78 is 14.6. The molecule has 0 radical (unpaired) electrons. The molecule has 0 fully saturated rings. The Labute approximate surface area is 157 Å². The van der Waals surface area contributed by atoms with Crippen molar-refractivity contribution in [2.45, 2.75) is 19.4 Å². The lowest BCUT2D eigenvalue weighted by atomic mass is 10.2. The molecule has 2 amide bonds. The zero-order valence-corrected chi connectivity index (χ0v) is 15.8. The molecule has 1 N–H and O–H groups in total. The summed E-state index contributed by atoms with van der Waals surface area (Å²) in [5, 5.41) is 4.87. The van der Waals surface area contributed by atoms with E-state index < -0.39 is 0 Å².